The van der Waals surface area contributed by atoms with Crippen LogP contribution >= 0.6 is 11.6 Å². The number of benzene rings is 2. The van der Waals surface area contributed by atoms with Gasteiger partial charge in [-0.1, -0.05) is 18.5 Å². The van der Waals surface area contributed by atoms with Gasteiger partial charge >= 0.3 is 5.97 Å². The zero-order chi connectivity index (χ0) is 27.4. The number of anilines is 1. The average Bonchev–Trinajstić information content (AvgIpc) is 2.92. The Bertz CT molecular complexity index is 1390. The fourth-order valence-electron chi connectivity index (χ4n) is 4.88. The molecule has 0 radical (unpaired) electrons. The number of aliphatic hydroxyl groups is 1. The van der Waals surface area contributed by atoms with Crippen molar-refractivity contribution in [3.05, 3.63) is 73.8 Å². The number of carboxylic acid groups (broad SMARTS) is 1. The van der Waals surface area contributed by atoms with Crippen LogP contribution in [0.5, 0.6) is 0 Å². The van der Waals surface area contributed by atoms with E-state index in [9.17, 15) is 19.8 Å². The van der Waals surface area contributed by atoms with Gasteiger partial charge in [-0.25, -0.2) is 9.18 Å². The van der Waals surface area contributed by atoms with Gasteiger partial charge in [0, 0.05) is 43.4 Å². The van der Waals surface area contributed by atoms with Crippen LogP contribution < -0.4 is 10.3 Å². The maximum absolute atomic E-state index is 15.2. The Morgan fingerprint density at radius 2 is 1.89 bits per heavy atom. The number of ether oxygens (including phenoxy) is 2. The summed E-state index contributed by atoms with van der Waals surface area (Å²) in [6.45, 7) is 6.52. The number of hydrogen-bond acceptors (Lipinski definition) is 6. The lowest BCUT2D eigenvalue weighted by molar-refractivity contribution is 0.0689. The van der Waals surface area contributed by atoms with E-state index in [2.05, 4.69) is 4.90 Å². The van der Waals surface area contributed by atoms with E-state index in [-0.39, 0.29) is 30.0 Å². The number of fused-ring (bicyclic) bond motifs is 1. The van der Waals surface area contributed by atoms with E-state index < -0.39 is 28.8 Å². The van der Waals surface area contributed by atoms with Crippen LogP contribution in [-0.2, 0) is 22.3 Å². The topological polar surface area (TPSA) is 101 Å². The van der Waals surface area contributed by atoms with Crippen LogP contribution in [0.1, 0.15) is 46.9 Å². The molecule has 3 aromatic rings. The van der Waals surface area contributed by atoms with E-state index in [0.29, 0.717) is 56.0 Å². The molecule has 0 aliphatic carbocycles. The first-order chi connectivity index (χ1) is 18.3. The fourth-order valence-corrected chi connectivity index (χ4v) is 5.11. The van der Waals surface area contributed by atoms with Crippen molar-refractivity contribution >= 4 is 34.2 Å². The third-order valence-corrected chi connectivity index (χ3v) is 7.20. The molecular weight excluding hydrogens is 515 g/mol. The van der Waals surface area contributed by atoms with Gasteiger partial charge in [-0.05, 0) is 54.3 Å². The summed E-state index contributed by atoms with van der Waals surface area (Å²) in [7, 11) is 0. The first kappa shape index (κ1) is 28.0. The van der Waals surface area contributed by atoms with Crippen molar-refractivity contribution in [3.8, 4) is 0 Å². The summed E-state index contributed by atoms with van der Waals surface area (Å²) >= 11 is 6.28. The van der Waals surface area contributed by atoms with E-state index in [4.69, 9.17) is 21.1 Å². The smallest absolute Gasteiger partial charge is 0.341 e. The molecule has 10 heteroatoms. The highest BCUT2D eigenvalue weighted by Gasteiger charge is 2.22. The SMILES string of the molecule is CCOC[C@@H](CO)n1cc(C(=O)O)c(=O)c2cc(Cc3cc(N4CCOCC4)cc(Cl)c3F)c(CC)cc21. The van der Waals surface area contributed by atoms with Gasteiger partial charge in [0.1, 0.15) is 11.4 Å². The molecule has 1 aromatic heterocycles. The lowest BCUT2D eigenvalue weighted by Crippen LogP contribution is -2.36. The second-order valence-electron chi connectivity index (χ2n) is 9.25. The summed E-state index contributed by atoms with van der Waals surface area (Å²) < 4.78 is 27.7. The number of carboxylic acids is 1. The molecule has 0 amide bonds. The molecule has 1 saturated heterocycles. The molecule has 204 valence electrons. The van der Waals surface area contributed by atoms with Gasteiger partial charge in [-0.3, -0.25) is 4.79 Å². The number of nitrogens with zero attached hydrogens (tertiary/aromatic N) is 2. The van der Waals surface area contributed by atoms with Gasteiger partial charge in [0.05, 0.1) is 43.0 Å². The van der Waals surface area contributed by atoms with Crippen molar-refractivity contribution in [2.24, 2.45) is 0 Å². The van der Waals surface area contributed by atoms with Gasteiger partial charge in [-0.2, -0.15) is 0 Å². The van der Waals surface area contributed by atoms with E-state index in [1.165, 1.54) is 6.20 Å². The number of aryl methyl sites for hydroxylation is 1. The molecule has 0 saturated carbocycles. The number of aliphatic hydroxyl groups excluding tert-OH is 1. The van der Waals surface area contributed by atoms with Gasteiger partial charge in [-0.15, -0.1) is 0 Å². The summed E-state index contributed by atoms with van der Waals surface area (Å²) in [6.07, 6.45) is 2.02. The Balaban J connectivity index is 1.86. The second kappa shape index (κ2) is 12.3. The Kier molecular flexibility index (Phi) is 9.04. The Morgan fingerprint density at radius 1 is 1.16 bits per heavy atom. The van der Waals surface area contributed by atoms with Crippen molar-refractivity contribution in [1.29, 1.82) is 0 Å². The summed E-state index contributed by atoms with van der Waals surface area (Å²) in [6, 6.07) is 6.25. The van der Waals surface area contributed by atoms with Crippen molar-refractivity contribution in [3.63, 3.8) is 0 Å². The molecule has 8 nitrogen and oxygen atoms in total. The number of halogens is 2. The maximum atomic E-state index is 15.2. The minimum absolute atomic E-state index is 0.0139. The zero-order valence-corrected chi connectivity index (χ0v) is 22.3. The Morgan fingerprint density at radius 3 is 2.53 bits per heavy atom. The van der Waals surface area contributed by atoms with Crippen LogP contribution in [0.25, 0.3) is 10.9 Å². The monoisotopic (exact) mass is 546 g/mol. The predicted molar refractivity (Wildman–Crippen MR) is 144 cm³/mol. The molecule has 1 aliphatic rings. The highest BCUT2D eigenvalue weighted by Crippen LogP contribution is 2.31. The van der Waals surface area contributed by atoms with Gasteiger partial charge in [0.25, 0.3) is 0 Å². The lowest BCUT2D eigenvalue weighted by Gasteiger charge is -2.29. The molecule has 2 aromatic carbocycles. The lowest BCUT2D eigenvalue weighted by atomic mass is 9.94. The molecule has 38 heavy (non-hydrogen) atoms. The number of hydrogen-bond donors (Lipinski definition) is 2. The highest BCUT2D eigenvalue weighted by atomic mass is 35.5. The largest absolute Gasteiger partial charge is 0.477 e. The fraction of sp³-hybridized carbons (Fsp3) is 0.429. The third-order valence-electron chi connectivity index (χ3n) is 6.93. The Labute approximate surface area is 225 Å². The summed E-state index contributed by atoms with van der Waals surface area (Å²) in [5.41, 5.74) is 2.19. The normalized spacial score (nSPS) is 14.7. The quantitative estimate of drug-likeness (QED) is 0.395. The predicted octanol–water partition coefficient (Wildman–Crippen LogP) is 4.05. The minimum Gasteiger partial charge on any atom is -0.477 e. The number of morpholine rings is 1. The van der Waals surface area contributed by atoms with Crippen molar-refractivity contribution in [2.75, 3.05) is 51.0 Å². The molecule has 0 bridgehead atoms. The van der Waals surface area contributed by atoms with Crippen LogP contribution in [0.3, 0.4) is 0 Å². The van der Waals surface area contributed by atoms with Gasteiger partial charge in [0.2, 0.25) is 5.43 Å². The van der Waals surface area contributed by atoms with Crippen molar-refractivity contribution < 1.29 is 28.9 Å². The van der Waals surface area contributed by atoms with Crippen molar-refractivity contribution in [2.45, 2.75) is 32.7 Å². The molecule has 0 unspecified atom stereocenters. The first-order valence-electron chi connectivity index (χ1n) is 12.7. The molecular formula is C28H32ClFN2O6. The van der Waals surface area contributed by atoms with Crippen molar-refractivity contribution in [1.82, 2.24) is 4.57 Å². The van der Waals surface area contributed by atoms with E-state index in [1.54, 1.807) is 22.8 Å². The number of carbonyl (C=O) groups is 1. The van der Waals surface area contributed by atoms with Crippen LogP contribution in [0, 0.1) is 5.82 Å². The molecule has 0 spiro atoms. The number of aromatic carboxylic acids is 1. The summed E-state index contributed by atoms with van der Waals surface area (Å²) in [5.74, 6) is -1.89. The highest BCUT2D eigenvalue weighted by molar-refractivity contribution is 6.31. The number of pyridine rings is 1. The molecule has 2 N–H and O–H groups in total. The molecule has 2 heterocycles. The van der Waals surface area contributed by atoms with Gasteiger partial charge < -0.3 is 29.2 Å². The second-order valence-corrected chi connectivity index (χ2v) is 9.66. The summed E-state index contributed by atoms with van der Waals surface area (Å²) in [5, 5.41) is 20.0. The van der Waals surface area contributed by atoms with E-state index in [1.807, 2.05) is 19.9 Å². The van der Waals surface area contributed by atoms with Gasteiger partial charge in [0.15, 0.2) is 0 Å². The van der Waals surface area contributed by atoms with Crippen LogP contribution in [0.2, 0.25) is 5.02 Å². The maximum Gasteiger partial charge on any atom is 0.341 e. The number of rotatable bonds is 10. The molecule has 4 rings (SSSR count). The standard InChI is InChI=1S/C28H32ClFN2O6/c1-3-17-12-25-22(27(34)23(28(35)36)14-32(25)21(15-33)16-37-4-2)11-18(17)9-19-10-20(13-24(29)26(19)30)31-5-7-38-8-6-31/h10-14,21,33H,3-9,15-16H2,1-2H3,(H,35,36)/t21-/m1/s1. The Hall–Kier alpha value is -2.98. The zero-order valence-electron chi connectivity index (χ0n) is 21.5. The van der Waals surface area contributed by atoms with Crippen LogP contribution in [0.15, 0.2) is 35.3 Å². The number of aromatic nitrogens is 1. The van der Waals surface area contributed by atoms with Crippen LogP contribution in [0.4, 0.5) is 10.1 Å². The average molecular weight is 547 g/mol. The summed E-state index contributed by atoms with van der Waals surface area (Å²) in [4.78, 5) is 27.2. The molecule has 1 atom stereocenters. The van der Waals surface area contributed by atoms with E-state index in [0.717, 1.165) is 11.3 Å². The van der Waals surface area contributed by atoms with Crippen LogP contribution in [-0.4, -0.2) is 66.9 Å². The third kappa shape index (κ3) is 5.71. The van der Waals surface area contributed by atoms with E-state index >= 15 is 4.39 Å². The first-order valence-corrected chi connectivity index (χ1v) is 13.1. The molecule has 1 aliphatic heterocycles. The molecule has 1 fully saturated rings. The minimum atomic E-state index is -1.36.